The van der Waals surface area contributed by atoms with E-state index in [4.69, 9.17) is 0 Å². The van der Waals surface area contributed by atoms with Gasteiger partial charge < -0.3 is 34.0 Å². The molecule has 116 valence electrons. The van der Waals surface area contributed by atoms with Gasteiger partial charge in [-0.3, -0.25) is 0 Å². The molecule has 1 aromatic rings. The fraction of sp³-hybridized carbons (Fsp3) is 0.529. The number of benzene rings is 1. The van der Waals surface area contributed by atoms with Crippen molar-refractivity contribution in [2.24, 2.45) is 5.92 Å². The van der Waals surface area contributed by atoms with Gasteiger partial charge in [-0.25, -0.2) is 0 Å². The minimum absolute atomic E-state index is 0. The van der Waals surface area contributed by atoms with Crippen molar-refractivity contribution in [2.45, 2.75) is 49.8 Å². The van der Waals surface area contributed by atoms with E-state index in [2.05, 4.69) is 58.0 Å². The maximum Gasteiger partial charge on any atom is -1.00 e. The summed E-state index contributed by atoms with van der Waals surface area (Å²) >= 11 is -0.241. The maximum absolute atomic E-state index is 2.53. The molecule has 1 aliphatic carbocycles. The number of allylic oxidation sites excluding steroid dienone is 1. The second-order valence-electron chi connectivity index (χ2n) is 6.06. The summed E-state index contributed by atoms with van der Waals surface area (Å²) in [5.41, 5.74) is 5.00. The summed E-state index contributed by atoms with van der Waals surface area (Å²) in [6.45, 7) is 9.60. The molecule has 0 heterocycles. The molecule has 0 radical (unpaired) electrons. The van der Waals surface area contributed by atoms with Crippen molar-refractivity contribution in [1.29, 1.82) is 0 Å². The van der Waals surface area contributed by atoms with E-state index in [0.717, 1.165) is 9.54 Å². The second-order valence-corrected chi connectivity index (χ2v) is 19.3. The van der Waals surface area contributed by atoms with Crippen LogP contribution in [-0.4, -0.2) is 5.92 Å². The number of hydrogen-bond acceptors (Lipinski definition) is 0. The number of hydrogen-bond donors (Lipinski definition) is 0. The summed E-state index contributed by atoms with van der Waals surface area (Å²) in [7, 11) is 0. The molecule has 0 aliphatic heterocycles. The quantitative estimate of drug-likeness (QED) is 0.433. The molecule has 0 N–H and O–H groups in total. The topological polar surface area (TPSA) is 0 Å². The van der Waals surface area contributed by atoms with Crippen LogP contribution in [0.3, 0.4) is 0 Å². The van der Waals surface area contributed by atoms with Gasteiger partial charge >= 0.3 is 131 Å². The summed E-state index contributed by atoms with van der Waals surface area (Å²) in [4.78, 5) is 0. The van der Waals surface area contributed by atoms with Gasteiger partial charge in [0.1, 0.15) is 0 Å². The van der Waals surface area contributed by atoms with Gasteiger partial charge in [-0.05, 0) is 0 Å². The Kier molecular flexibility index (Phi) is 11.3. The van der Waals surface area contributed by atoms with Gasteiger partial charge in [0, 0.05) is 0 Å². The van der Waals surface area contributed by atoms with E-state index < -0.39 is 0 Å². The van der Waals surface area contributed by atoms with E-state index in [1.54, 1.807) is 11.1 Å². The molecule has 0 fully saturated rings. The molecule has 2 rings (SSSR count). The number of halogens is 2. The Morgan fingerprint density at radius 1 is 1.10 bits per heavy atom. The van der Waals surface area contributed by atoms with Crippen molar-refractivity contribution in [3.8, 4) is 0 Å². The molecular weight excluding hydrogens is 483 g/mol. The van der Waals surface area contributed by atoms with Crippen molar-refractivity contribution in [3.63, 3.8) is 0 Å². The molecule has 1 aliphatic rings. The number of fused-ring (bicyclic) bond motifs is 1. The maximum atomic E-state index is 2.53. The SMILES string of the molecule is CC[SiH](CC)[Zr+2][CH]1C(CC(C)C)=Cc2ccccc21.[Br-].[Br-]. The Balaban J connectivity index is 0.00000200. The van der Waals surface area contributed by atoms with E-state index in [1.165, 1.54) is 24.1 Å². The van der Waals surface area contributed by atoms with Crippen molar-refractivity contribution in [1.82, 2.24) is 0 Å². The molecule has 4 heteroatoms. The van der Waals surface area contributed by atoms with E-state index in [9.17, 15) is 0 Å². The molecule has 1 unspecified atom stereocenters. The van der Waals surface area contributed by atoms with Gasteiger partial charge in [-0.1, -0.05) is 0 Å². The molecule has 1 atom stereocenters. The Morgan fingerprint density at radius 2 is 1.71 bits per heavy atom. The molecule has 0 saturated carbocycles. The first-order valence-electron chi connectivity index (χ1n) is 7.71. The first-order valence-corrected chi connectivity index (χ1v) is 15.6. The largest absolute Gasteiger partial charge is 1.00 e. The summed E-state index contributed by atoms with van der Waals surface area (Å²) < 4.78 is 0.916. The third kappa shape index (κ3) is 5.86. The third-order valence-corrected chi connectivity index (χ3v) is 20.5. The van der Waals surface area contributed by atoms with Crippen LogP contribution in [0.15, 0.2) is 29.8 Å². The Bertz CT molecular complexity index is 456. The first-order chi connectivity index (χ1) is 9.15. The van der Waals surface area contributed by atoms with Gasteiger partial charge in [0.15, 0.2) is 0 Å². The van der Waals surface area contributed by atoms with Crippen LogP contribution in [0.4, 0.5) is 0 Å². The minimum atomic E-state index is -0.359. The van der Waals surface area contributed by atoms with E-state index >= 15 is 0 Å². The molecule has 0 spiro atoms. The van der Waals surface area contributed by atoms with Crippen LogP contribution in [0.2, 0.25) is 12.1 Å². The van der Waals surface area contributed by atoms with Crippen LogP contribution in [0, 0.1) is 5.92 Å². The normalized spacial score (nSPS) is 15.9. The summed E-state index contributed by atoms with van der Waals surface area (Å²) in [5, 5.41) is 0. The van der Waals surface area contributed by atoms with Crippen LogP contribution in [0.25, 0.3) is 6.08 Å². The monoisotopic (exact) mass is 506 g/mol. The molecule has 21 heavy (non-hydrogen) atoms. The number of rotatable bonds is 6. The Hall–Kier alpha value is 1.02. The first kappa shape index (κ1) is 22.0. The van der Waals surface area contributed by atoms with Crippen molar-refractivity contribution < 1.29 is 56.4 Å². The van der Waals surface area contributed by atoms with Crippen LogP contribution in [-0.2, 0) is 22.4 Å². The van der Waals surface area contributed by atoms with Crippen LogP contribution >= 0.6 is 0 Å². The predicted molar refractivity (Wildman–Crippen MR) is 84.7 cm³/mol. The standard InChI is InChI=1S/C13H15.C4H11Si.2BrH.Zr/c1-10(2)7-11-8-12-5-3-4-6-13(12)9-11;1-3-5-4-2;;;/h3-6,8-10H,7H2,1-2H3;5H,3-4H2,1-2H3;2*1H;/q;;;;+2/p-2. The van der Waals surface area contributed by atoms with Crippen molar-refractivity contribution in [3.05, 3.63) is 41.0 Å². The molecule has 0 amide bonds. The van der Waals surface area contributed by atoms with E-state index in [1.807, 2.05) is 0 Å². The van der Waals surface area contributed by atoms with Gasteiger partial charge in [-0.15, -0.1) is 0 Å². The Morgan fingerprint density at radius 3 is 2.29 bits per heavy atom. The minimum Gasteiger partial charge on any atom is -1.00 e. The molecule has 1 aromatic carbocycles. The molecule has 0 saturated heterocycles. The summed E-state index contributed by atoms with van der Waals surface area (Å²) in [6, 6.07) is 12.2. The summed E-state index contributed by atoms with van der Waals surface area (Å²) in [6.07, 6.45) is 3.84. The van der Waals surface area contributed by atoms with Gasteiger partial charge in [0.05, 0.1) is 0 Å². The van der Waals surface area contributed by atoms with Crippen molar-refractivity contribution in [2.75, 3.05) is 0 Å². The molecular formula is C17H26Br2SiZr. The smallest absolute Gasteiger partial charge is 1.00 e. The fourth-order valence-corrected chi connectivity index (χ4v) is 15.9. The van der Waals surface area contributed by atoms with E-state index in [0.29, 0.717) is 0 Å². The molecule has 0 bridgehead atoms. The zero-order valence-corrected chi connectivity index (χ0v) is 20.3. The van der Waals surface area contributed by atoms with Crippen LogP contribution < -0.4 is 34.0 Å². The molecule has 0 aromatic heterocycles. The zero-order valence-electron chi connectivity index (χ0n) is 13.5. The van der Waals surface area contributed by atoms with Gasteiger partial charge in [-0.2, -0.15) is 0 Å². The van der Waals surface area contributed by atoms with E-state index in [-0.39, 0.29) is 62.3 Å². The van der Waals surface area contributed by atoms with Crippen molar-refractivity contribution >= 4 is 12.0 Å². The molecule has 0 nitrogen and oxygen atoms in total. The van der Waals surface area contributed by atoms with Crippen LogP contribution in [0.1, 0.15) is 48.9 Å². The average Bonchev–Trinajstić information content (AvgIpc) is 2.72. The second kappa shape index (κ2) is 10.7. The van der Waals surface area contributed by atoms with Gasteiger partial charge in [0.25, 0.3) is 0 Å². The Labute approximate surface area is 163 Å². The van der Waals surface area contributed by atoms with Gasteiger partial charge in [0.2, 0.25) is 0 Å². The predicted octanol–water partition coefficient (Wildman–Crippen LogP) is -0.975. The van der Waals surface area contributed by atoms with Crippen LogP contribution in [0.5, 0.6) is 0 Å². The summed E-state index contributed by atoms with van der Waals surface area (Å²) in [5.74, 6) is 0.438. The fourth-order valence-electron chi connectivity index (χ4n) is 2.99. The average molecular weight is 510 g/mol. The third-order valence-electron chi connectivity index (χ3n) is 4.05. The zero-order chi connectivity index (χ0) is 13.8.